The summed E-state index contributed by atoms with van der Waals surface area (Å²) < 4.78 is 5.64. The van der Waals surface area contributed by atoms with Gasteiger partial charge in [-0.3, -0.25) is 4.79 Å². The maximum absolute atomic E-state index is 11.9. The number of Topliss-reactive ketones (excluding diaryl/α,β-unsaturated/α-hetero) is 1. The highest BCUT2D eigenvalue weighted by Gasteiger charge is 2.07. The van der Waals surface area contributed by atoms with Crippen molar-refractivity contribution in [1.29, 1.82) is 0 Å². The highest BCUT2D eigenvalue weighted by atomic mass is 35.5. The SMILES string of the molecule is Cc1cc(OCCC(=O)c2ccccc2)cc(C)c1Cl. The molecule has 0 fully saturated rings. The van der Waals surface area contributed by atoms with E-state index < -0.39 is 0 Å². The Balaban J connectivity index is 1.92. The Kier molecular flexibility index (Phi) is 4.80. The molecule has 0 atom stereocenters. The monoisotopic (exact) mass is 288 g/mol. The maximum atomic E-state index is 11.9. The van der Waals surface area contributed by atoms with Crippen LogP contribution in [0.1, 0.15) is 27.9 Å². The van der Waals surface area contributed by atoms with Crippen LogP contribution in [-0.4, -0.2) is 12.4 Å². The van der Waals surface area contributed by atoms with E-state index in [-0.39, 0.29) is 5.78 Å². The molecule has 0 amide bonds. The van der Waals surface area contributed by atoms with Gasteiger partial charge in [0.25, 0.3) is 0 Å². The first kappa shape index (κ1) is 14.6. The van der Waals surface area contributed by atoms with E-state index in [2.05, 4.69) is 0 Å². The second-order valence-electron chi connectivity index (χ2n) is 4.76. The molecule has 0 saturated heterocycles. The zero-order valence-electron chi connectivity index (χ0n) is 11.7. The molecule has 2 aromatic rings. The standard InChI is InChI=1S/C17H17ClO2/c1-12-10-15(11-13(2)17(12)18)20-9-8-16(19)14-6-4-3-5-7-14/h3-7,10-11H,8-9H2,1-2H3. The summed E-state index contributed by atoms with van der Waals surface area (Å²) in [4.78, 5) is 11.9. The van der Waals surface area contributed by atoms with Gasteiger partial charge in [-0.1, -0.05) is 41.9 Å². The van der Waals surface area contributed by atoms with Crippen molar-refractivity contribution in [3.05, 3.63) is 64.2 Å². The van der Waals surface area contributed by atoms with Gasteiger partial charge in [-0.15, -0.1) is 0 Å². The molecule has 2 nitrogen and oxygen atoms in total. The van der Waals surface area contributed by atoms with Crippen molar-refractivity contribution < 1.29 is 9.53 Å². The van der Waals surface area contributed by atoms with Crippen LogP contribution >= 0.6 is 11.6 Å². The lowest BCUT2D eigenvalue weighted by atomic mass is 10.1. The van der Waals surface area contributed by atoms with Crippen LogP contribution in [0.25, 0.3) is 0 Å². The zero-order chi connectivity index (χ0) is 14.5. The Morgan fingerprint density at radius 1 is 1.10 bits per heavy atom. The van der Waals surface area contributed by atoms with Crippen LogP contribution in [0.15, 0.2) is 42.5 Å². The van der Waals surface area contributed by atoms with Crippen LogP contribution in [0.3, 0.4) is 0 Å². The van der Waals surface area contributed by atoms with Gasteiger partial charge in [0.1, 0.15) is 5.75 Å². The molecule has 2 rings (SSSR count). The third-order valence-electron chi connectivity index (χ3n) is 3.10. The Morgan fingerprint density at radius 2 is 1.70 bits per heavy atom. The molecule has 20 heavy (non-hydrogen) atoms. The van der Waals surface area contributed by atoms with E-state index in [4.69, 9.17) is 16.3 Å². The normalized spacial score (nSPS) is 10.3. The second-order valence-corrected chi connectivity index (χ2v) is 5.14. The number of carbonyl (C=O) groups is 1. The van der Waals surface area contributed by atoms with Gasteiger partial charge in [0.2, 0.25) is 0 Å². The quantitative estimate of drug-likeness (QED) is 0.751. The fraction of sp³-hybridized carbons (Fsp3) is 0.235. The third kappa shape index (κ3) is 3.61. The van der Waals surface area contributed by atoms with Gasteiger partial charge in [0, 0.05) is 17.0 Å². The maximum Gasteiger partial charge on any atom is 0.166 e. The highest BCUT2D eigenvalue weighted by Crippen LogP contribution is 2.25. The average Bonchev–Trinajstić information content (AvgIpc) is 2.45. The van der Waals surface area contributed by atoms with E-state index in [1.807, 2.05) is 56.3 Å². The smallest absolute Gasteiger partial charge is 0.166 e. The fourth-order valence-corrected chi connectivity index (χ4v) is 2.13. The minimum Gasteiger partial charge on any atom is -0.493 e. The third-order valence-corrected chi connectivity index (χ3v) is 3.70. The van der Waals surface area contributed by atoms with E-state index in [0.717, 1.165) is 27.5 Å². The van der Waals surface area contributed by atoms with E-state index in [0.29, 0.717) is 13.0 Å². The van der Waals surface area contributed by atoms with Gasteiger partial charge in [0.15, 0.2) is 5.78 Å². The summed E-state index contributed by atoms with van der Waals surface area (Å²) >= 11 is 6.10. The highest BCUT2D eigenvalue weighted by molar-refractivity contribution is 6.32. The Hall–Kier alpha value is -1.80. The van der Waals surface area contributed by atoms with E-state index in [1.165, 1.54) is 0 Å². The molecule has 0 N–H and O–H groups in total. The molecule has 104 valence electrons. The molecular formula is C17H17ClO2. The van der Waals surface area contributed by atoms with Crippen molar-refractivity contribution in [3.8, 4) is 5.75 Å². The summed E-state index contributed by atoms with van der Waals surface area (Å²) in [5, 5.41) is 0.762. The van der Waals surface area contributed by atoms with Crippen molar-refractivity contribution in [2.45, 2.75) is 20.3 Å². The lowest BCUT2D eigenvalue weighted by Gasteiger charge is -2.09. The van der Waals surface area contributed by atoms with Crippen LogP contribution in [0.2, 0.25) is 5.02 Å². The van der Waals surface area contributed by atoms with Crippen molar-refractivity contribution in [2.24, 2.45) is 0 Å². The Bertz CT molecular complexity index is 583. The van der Waals surface area contributed by atoms with E-state index in [1.54, 1.807) is 0 Å². The number of carbonyl (C=O) groups excluding carboxylic acids is 1. The van der Waals surface area contributed by atoms with Gasteiger partial charge in [0.05, 0.1) is 6.61 Å². The van der Waals surface area contributed by atoms with Gasteiger partial charge < -0.3 is 4.74 Å². The van der Waals surface area contributed by atoms with Gasteiger partial charge in [-0.05, 0) is 37.1 Å². The zero-order valence-corrected chi connectivity index (χ0v) is 12.4. The van der Waals surface area contributed by atoms with Crippen molar-refractivity contribution in [1.82, 2.24) is 0 Å². The molecular weight excluding hydrogens is 272 g/mol. The Morgan fingerprint density at radius 3 is 2.30 bits per heavy atom. The summed E-state index contributed by atoms with van der Waals surface area (Å²) in [7, 11) is 0. The predicted molar refractivity (Wildman–Crippen MR) is 81.8 cm³/mol. The summed E-state index contributed by atoms with van der Waals surface area (Å²) in [5.74, 6) is 0.846. The van der Waals surface area contributed by atoms with Crippen molar-refractivity contribution in [3.63, 3.8) is 0 Å². The number of rotatable bonds is 5. The van der Waals surface area contributed by atoms with Crippen LogP contribution in [-0.2, 0) is 0 Å². The Labute approximate surface area is 124 Å². The van der Waals surface area contributed by atoms with E-state index >= 15 is 0 Å². The van der Waals surface area contributed by atoms with Gasteiger partial charge in [-0.25, -0.2) is 0 Å². The molecule has 3 heteroatoms. The minimum atomic E-state index is 0.0907. The number of ether oxygens (including phenoxy) is 1. The first-order valence-corrected chi connectivity index (χ1v) is 6.93. The first-order chi connectivity index (χ1) is 9.58. The van der Waals surface area contributed by atoms with Crippen molar-refractivity contribution >= 4 is 17.4 Å². The molecule has 2 aromatic carbocycles. The summed E-state index contributed by atoms with van der Waals surface area (Å²) in [6.45, 7) is 4.25. The number of aryl methyl sites for hydroxylation is 2. The number of halogens is 1. The van der Waals surface area contributed by atoms with Gasteiger partial charge in [-0.2, -0.15) is 0 Å². The molecule has 0 aliphatic heterocycles. The summed E-state index contributed by atoms with van der Waals surface area (Å²) in [6.07, 6.45) is 0.366. The second kappa shape index (κ2) is 6.58. The van der Waals surface area contributed by atoms with Crippen LogP contribution in [0.4, 0.5) is 0 Å². The first-order valence-electron chi connectivity index (χ1n) is 6.55. The molecule has 0 bridgehead atoms. The van der Waals surface area contributed by atoms with Crippen molar-refractivity contribution in [2.75, 3.05) is 6.61 Å². The molecule has 0 heterocycles. The molecule has 0 radical (unpaired) electrons. The summed E-state index contributed by atoms with van der Waals surface area (Å²) in [6, 6.07) is 13.0. The van der Waals surface area contributed by atoms with Gasteiger partial charge >= 0.3 is 0 Å². The molecule has 0 spiro atoms. The molecule has 0 aliphatic rings. The largest absolute Gasteiger partial charge is 0.493 e. The fourth-order valence-electron chi connectivity index (χ4n) is 2.02. The molecule has 0 aliphatic carbocycles. The molecule has 0 saturated carbocycles. The molecule has 0 aromatic heterocycles. The predicted octanol–water partition coefficient (Wildman–Crippen LogP) is 4.61. The van der Waals surface area contributed by atoms with Crippen LogP contribution in [0.5, 0.6) is 5.75 Å². The number of benzene rings is 2. The molecule has 0 unspecified atom stereocenters. The van der Waals surface area contributed by atoms with E-state index in [9.17, 15) is 4.79 Å². The minimum absolute atomic E-state index is 0.0907. The average molecular weight is 289 g/mol. The number of hydrogen-bond donors (Lipinski definition) is 0. The summed E-state index contributed by atoms with van der Waals surface area (Å²) in [5.41, 5.74) is 2.69. The lowest BCUT2D eigenvalue weighted by molar-refractivity contribution is 0.0962. The van der Waals surface area contributed by atoms with Crippen LogP contribution < -0.4 is 4.74 Å². The van der Waals surface area contributed by atoms with Crippen LogP contribution in [0, 0.1) is 13.8 Å². The number of hydrogen-bond acceptors (Lipinski definition) is 2. The number of ketones is 1. The lowest BCUT2D eigenvalue weighted by Crippen LogP contribution is -2.06. The topological polar surface area (TPSA) is 26.3 Å².